The molecule has 34 heavy (non-hydrogen) atoms. The Bertz CT molecular complexity index is 1160. The average molecular weight is 491 g/mol. The number of carbonyl (C=O) groups is 1. The molecule has 3 atom stereocenters. The smallest absolute Gasteiger partial charge is 0.342 e. The van der Waals surface area contributed by atoms with E-state index < -0.39 is 25.1 Å². The second-order valence-corrected chi connectivity index (χ2v) is 10.9. The van der Waals surface area contributed by atoms with Crippen LogP contribution in [0.4, 0.5) is 5.82 Å². The minimum Gasteiger partial charge on any atom is -0.459 e. The van der Waals surface area contributed by atoms with Gasteiger partial charge in [-0.1, -0.05) is 18.2 Å². The van der Waals surface area contributed by atoms with Crippen LogP contribution in [-0.4, -0.2) is 49.6 Å². The number of ether oxygens (including phenoxy) is 2. The maximum Gasteiger partial charge on any atom is 0.342 e. The molecule has 0 aliphatic carbocycles. The summed E-state index contributed by atoms with van der Waals surface area (Å²) in [6.07, 6.45) is 2.30. The lowest BCUT2D eigenvalue weighted by molar-refractivity contribution is -0.156. The van der Waals surface area contributed by atoms with Gasteiger partial charge in [0.1, 0.15) is 35.6 Å². The van der Waals surface area contributed by atoms with Crippen molar-refractivity contribution in [2.24, 2.45) is 0 Å². The number of carbonyl (C=O) groups excluding carboxylic acids is 1. The molecule has 0 bridgehead atoms. The van der Waals surface area contributed by atoms with Gasteiger partial charge in [-0.15, -0.1) is 0 Å². The summed E-state index contributed by atoms with van der Waals surface area (Å²) in [6.45, 7) is 9.06. The van der Waals surface area contributed by atoms with E-state index in [1.165, 1.54) is 6.33 Å². The molecule has 0 aliphatic heterocycles. The maximum absolute atomic E-state index is 13.7. The SMILES string of the molecule is C[C@H](Cn1cnc2c(N)ncnc21)OCP(=O)(N[C@@H](C)C(=O)OC(C)(C)C)Oc1ccccc1. The van der Waals surface area contributed by atoms with Crippen molar-refractivity contribution in [2.45, 2.75) is 58.9 Å². The molecule has 184 valence electrons. The highest BCUT2D eigenvalue weighted by Gasteiger charge is 2.33. The van der Waals surface area contributed by atoms with E-state index in [-0.39, 0.29) is 12.5 Å². The van der Waals surface area contributed by atoms with Gasteiger partial charge in [0.05, 0.1) is 19.0 Å². The van der Waals surface area contributed by atoms with Crippen molar-refractivity contribution in [1.82, 2.24) is 24.6 Å². The number of para-hydroxylation sites is 1. The third-order valence-corrected chi connectivity index (χ3v) is 6.33. The molecule has 0 spiro atoms. The van der Waals surface area contributed by atoms with Gasteiger partial charge in [0.15, 0.2) is 11.5 Å². The van der Waals surface area contributed by atoms with Crippen LogP contribution in [0.15, 0.2) is 43.0 Å². The van der Waals surface area contributed by atoms with Crippen LogP contribution in [0.1, 0.15) is 34.6 Å². The molecule has 3 N–H and O–H groups in total. The Labute approximate surface area is 198 Å². The number of fused-ring (bicyclic) bond motifs is 1. The molecule has 2 aromatic heterocycles. The summed E-state index contributed by atoms with van der Waals surface area (Å²) < 4.78 is 32.5. The molecule has 3 rings (SSSR count). The zero-order chi connectivity index (χ0) is 24.9. The lowest BCUT2D eigenvalue weighted by atomic mass is 10.2. The Balaban J connectivity index is 1.70. The fourth-order valence-electron chi connectivity index (χ4n) is 3.07. The van der Waals surface area contributed by atoms with Crippen LogP contribution in [0.25, 0.3) is 11.2 Å². The molecule has 0 saturated heterocycles. The number of esters is 1. The molecule has 1 aromatic carbocycles. The predicted octanol–water partition coefficient (Wildman–Crippen LogP) is 3.36. The zero-order valence-electron chi connectivity index (χ0n) is 20.0. The van der Waals surface area contributed by atoms with Crippen molar-refractivity contribution >= 4 is 30.5 Å². The predicted molar refractivity (Wildman–Crippen MR) is 128 cm³/mol. The number of aromatic nitrogens is 4. The quantitative estimate of drug-likeness (QED) is 0.321. The van der Waals surface area contributed by atoms with Crippen molar-refractivity contribution in [1.29, 1.82) is 0 Å². The Hall–Kier alpha value is -3.01. The van der Waals surface area contributed by atoms with Crippen molar-refractivity contribution in [3.63, 3.8) is 0 Å². The highest BCUT2D eigenvalue weighted by Crippen LogP contribution is 2.44. The zero-order valence-corrected chi connectivity index (χ0v) is 20.9. The van der Waals surface area contributed by atoms with E-state index in [9.17, 15) is 9.36 Å². The van der Waals surface area contributed by atoms with Crippen LogP contribution in [0.3, 0.4) is 0 Å². The third-order valence-electron chi connectivity index (χ3n) is 4.56. The van der Waals surface area contributed by atoms with Gasteiger partial charge >= 0.3 is 13.5 Å². The number of benzene rings is 1. The van der Waals surface area contributed by atoms with E-state index in [2.05, 4.69) is 20.0 Å². The molecule has 1 unspecified atom stereocenters. The first-order valence-electron chi connectivity index (χ1n) is 10.8. The number of nitrogen functional groups attached to an aromatic ring is 1. The Morgan fingerprint density at radius 1 is 1.18 bits per heavy atom. The Kier molecular flexibility index (Phi) is 7.91. The van der Waals surface area contributed by atoms with E-state index in [4.69, 9.17) is 19.7 Å². The average Bonchev–Trinajstić information content (AvgIpc) is 3.16. The third kappa shape index (κ3) is 6.99. The van der Waals surface area contributed by atoms with Crippen LogP contribution in [-0.2, 0) is 25.4 Å². The molecule has 2 heterocycles. The molecular formula is C22H31N6O5P. The summed E-state index contributed by atoms with van der Waals surface area (Å²) >= 11 is 0. The first-order valence-corrected chi connectivity index (χ1v) is 12.6. The number of nitrogens with one attached hydrogen (secondary N) is 1. The number of hydrogen-bond acceptors (Lipinski definition) is 9. The summed E-state index contributed by atoms with van der Waals surface area (Å²) in [7, 11) is -3.66. The van der Waals surface area contributed by atoms with Gasteiger partial charge in [0.25, 0.3) is 0 Å². The summed E-state index contributed by atoms with van der Waals surface area (Å²) in [5.41, 5.74) is 6.24. The molecular weight excluding hydrogens is 459 g/mol. The second-order valence-electron chi connectivity index (χ2n) is 8.90. The van der Waals surface area contributed by atoms with E-state index >= 15 is 0 Å². The van der Waals surface area contributed by atoms with Gasteiger partial charge in [-0.25, -0.2) is 20.0 Å². The standard InChI is InChI=1S/C22H31N6O5P/c1-15(11-28-13-26-18-19(23)24-12-25-20(18)28)31-14-34(30,33-17-9-7-6-8-10-17)27-16(2)21(29)32-22(3,4)5/h6-10,12-13,15-16H,11,14H2,1-5H3,(H,27,30)(H2,23,24,25)/t15-,16+,34?/m1/s1. The number of imidazole rings is 1. The van der Waals surface area contributed by atoms with Crippen molar-refractivity contribution < 1.29 is 23.4 Å². The maximum atomic E-state index is 13.7. The number of nitrogens with two attached hydrogens (primary N) is 1. The lowest BCUT2D eigenvalue weighted by Crippen LogP contribution is -2.39. The lowest BCUT2D eigenvalue weighted by Gasteiger charge is -2.27. The fourth-order valence-corrected chi connectivity index (χ4v) is 4.86. The van der Waals surface area contributed by atoms with E-state index in [0.717, 1.165) is 0 Å². The highest BCUT2D eigenvalue weighted by molar-refractivity contribution is 7.57. The van der Waals surface area contributed by atoms with Crippen LogP contribution >= 0.6 is 7.52 Å². The molecule has 11 nitrogen and oxygen atoms in total. The minimum atomic E-state index is -3.66. The van der Waals surface area contributed by atoms with Crippen LogP contribution in [0, 0.1) is 0 Å². The van der Waals surface area contributed by atoms with E-state index in [0.29, 0.717) is 29.3 Å². The molecule has 0 fully saturated rings. The van der Waals surface area contributed by atoms with Gasteiger partial charge in [0, 0.05) is 0 Å². The van der Waals surface area contributed by atoms with Crippen molar-refractivity contribution in [2.75, 3.05) is 12.1 Å². The van der Waals surface area contributed by atoms with Gasteiger partial charge < -0.3 is 24.3 Å². The minimum absolute atomic E-state index is 0.278. The van der Waals surface area contributed by atoms with Gasteiger partial charge in [-0.05, 0) is 46.8 Å². The summed E-state index contributed by atoms with van der Waals surface area (Å²) in [4.78, 5) is 24.8. The van der Waals surface area contributed by atoms with Gasteiger partial charge in [0.2, 0.25) is 0 Å². The molecule has 0 radical (unpaired) electrons. The topological polar surface area (TPSA) is 143 Å². The van der Waals surface area contributed by atoms with Crippen LogP contribution in [0.5, 0.6) is 5.75 Å². The number of anilines is 1. The largest absolute Gasteiger partial charge is 0.459 e. The number of rotatable bonds is 10. The van der Waals surface area contributed by atoms with Crippen molar-refractivity contribution in [3.05, 3.63) is 43.0 Å². The molecule has 0 amide bonds. The summed E-state index contributed by atoms with van der Waals surface area (Å²) in [5.74, 6) is 0.136. The van der Waals surface area contributed by atoms with Crippen LogP contribution < -0.4 is 15.3 Å². The number of hydrogen-bond donors (Lipinski definition) is 2. The normalized spacial score (nSPS) is 15.4. The van der Waals surface area contributed by atoms with E-state index in [1.807, 2.05) is 13.0 Å². The number of nitrogens with zero attached hydrogens (tertiary/aromatic N) is 4. The molecule has 0 saturated carbocycles. The monoisotopic (exact) mass is 490 g/mol. The fraction of sp³-hybridized carbons (Fsp3) is 0.455. The van der Waals surface area contributed by atoms with Gasteiger partial charge in [-0.2, -0.15) is 0 Å². The Morgan fingerprint density at radius 3 is 2.56 bits per heavy atom. The van der Waals surface area contributed by atoms with Crippen molar-refractivity contribution in [3.8, 4) is 5.75 Å². The van der Waals surface area contributed by atoms with Crippen LogP contribution in [0.2, 0.25) is 0 Å². The molecule has 12 heteroatoms. The summed E-state index contributed by atoms with van der Waals surface area (Å²) in [5, 5.41) is 2.79. The summed E-state index contributed by atoms with van der Waals surface area (Å²) in [6, 6.07) is 7.81. The Morgan fingerprint density at radius 2 is 1.88 bits per heavy atom. The van der Waals surface area contributed by atoms with E-state index in [1.54, 1.807) is 62.9 Å². The first kappa shape index (κ1) is 25.6. The highest BCUT2D eigenvalue weighted by atomic mass is 31.2. The van der Waals surface area contributed by atoms with Gasteiger partial charge in [-0.3, -0.25) is 9.36 Å². The second kappa shape index (κ2) is 10.5. The molecule has 3 aromatic rings. The molecule has 0 aliphatic rings. The first-order chi connectivity index (χ1) is 16.0.